The number of hydrogen-bond acceptors (Lipinski definition) is 4. The van der Waals surface area contributed by atoms with E-state index in [4.69, 9.17) is 4.74 Å². The van der Waals surface area contributed by atoms with E-state index in [9.17, 15) is 4.79 Å². The molecule has 0 saturated heterocycles. The molecule has 0 bridgehead atoms. The highest BCUT2D eigenvalue weighted by atomic mass is 16.5. The van der Waals surface area contributed by atoms with Crippen molar-refractivity contribution in [2.45, 2.75) is 27.2 Å². The van der Waals surface area contributed by atoms with E-state index in [0.717, 1.165) is 39.5 Å². The Kier molecular flexibility index (Phi) is 5.30. The summed E-state index contributed by atoms with van der Waals surface area (Å²) in [5.41, 5.74) is 6.25. The molecule has 3 aromatic rings. The Morgan fingerprint density at radius 2 is 2.04 bits per heavy atom. The van der Waals surface area contributed by atoms with Crippen LogP contribution in [0.1, 0.15) is 33.0 Å². The number of methoxy groups -OCH3 is 1. The third-order valence-corrected chi connectivity index (χ3v) is 4.70. The molecule has 2 N–H and O–H groups in total. The van der Waals surface area contributed by atoms with Crippen LogP contribution in [-0.2, 0) is 13.5 Å². The monoisotopic (exact) mass is 367 g/mol. The molecule has 142 valence electrons. The van der Waals surface area contributed by atoms with Gasteiger partial charge in [0.25, 0.3) is 5.91 Å². The summed E-state index contributed by atoms with van der Waals surface area (Å²) in [5, 5.41) is 14.4. The van der Waals surface area contributed by atoms with Gasteiger partial charge in [-0.05, 0) is 44.9 Å². The van der Waals surface area contributed by atoms with Gasteiger partial charge in [-0.1, -0.05) is 17.7 Å². The Labute approximate surface area is 158 Å². The first kappa shape index (κ1) is 18.7. The molecule has 1 amide bonds. The summed E-state index contributed by atoms with van der Waals surface area (Å²) in [7, 11) is 3.55. The van der Waals surface area contributed by atoms with Crippen LogP contribution in [0.3, 0.4) is 0 Å². The van der Waals surface area contributed by atoms with Crippen LogP contribution in [0.25, 0.3) is 11.3 Å². The Morgan fingerprint density at radius 3 is 2.70 bits per heavy atom. The molecule has 27 heavy (non-hydrogen) atoms. The van der Waals surface area contributed by atoms with Gasteiger partial charge in [-0.15, -0.1) is 0 Å². The topological polar surface area (TPSA) is 84.8 Å². The van der Waals surface area contributed by atoms with Crippen molar-refractivity contribution in [3.63, 3.8) is 0 Å². The molecule has 0 radical (unpaired) electrons. The highest BCUT2D eigenvalue weighted by molar-refractivity contribution is 5.93. The standard InChI is InChI=1S/C20H25N5O2/c1-12-6-7-18(27-5)15(10-12)8-9-21-20(26)17-11-16(22-23-17)19-13(2)24-25(4)14(19)3/h6-7,10-11H,8-9H2,1-5H3,(H,21,26)(H,22,23). The molecule has 0 unspecified atom stereocenters. The van der Waals surface area contributed by atoms with E-state index >= 15 is 0 Å². The Bertz CT molecular complexity index is 971. The van der Waals surface area contributed by atoms with Crippen molar-refractivity contribution in [1.82, 2.24) is 25.3 Å². The summed E-state index contributed by atoms with van der Waals surface area (Å²) in [4.78, 5) is 12.4. The van der Waals surface area contributed by atoms with E-state index in [1.165, 1.54) is 0 Å². The fourth-order valence-corrected chi connectivity index (χ4v) is 3.22. The third-order valence-electron chi connectivity index (χ3n) is 4.70. The molecule has 0 spiro atoms. The molecule has 2 heterocycles. The van der Waals surface area contributed by atoms with E-state index in [1.54, 1.807) is 13.2 Å². The van der Waals surface area contributed by atoms with Crippen LogP contribution in [-0.4, -0.2) is 39.5 Å². The molecule has 7 nitrogen and oxygen atoms in total. The number of amides is 1. The third kappa shape index (κ3) is 3.86. The number of hydrogen-bond donors (Lipinski definition) is 2. The van der Waals surface area contributed by atoms with Crippen LogP contribution in [0.15, 0.2) is 24.3 Å². The van der Waals surface area contributed by atoms with Crippen molar-refractivity contribution in [3.8, 4) is 17.0 Å². The van der Waals surface area contributed by atoms with Crippen molar-refractivity contribution < 1.29 is 9.53 Å². The minimum atomic E-state index is -0.181. The lowest BCUT2D eigenvalue weighted by Crippen LogP contribution is -2.26. The van der Waals surface area contributed by atoms with Crippen LogP contribution in [0.4, 0.5) is 0 Å². The van der Waals surface area contributed by atoms with Gasteiger partial charge in [-0.2, -0.15) is 10.2 Å². The molecule has 0 atom stereocenters. The van der Waals surface area contributed by atoms with Gasteiger partial charge in [-0.3, -0.25) is 14.6 Å². The van der Waals surface area contributed by atoms with E-state index in [2.05, 4.69) is 26.7 Å². The summed E-state index contributed by atoms with van der Waals surface area (Å²) in [6.45, 7) is 6.47. The lowest BCUT2D eigenvalue weighted by atomic mass is 10.1. The minimum absolute atomic E-state index is 0.181. The Balaban J connectivity index is 1.66. The number of carbonyl (C=O) groups excluding carboxylic acids is 1. The molecule has 0 aliphatic carbocycles. The predicted molar refractivity (Wildman–Crippen MR) is 104 cm³/mol. The second-order valence-corrected chi connectivity index (χ2v) is 6.66. The number of carbonyl (C=O) groups is 1. The van der Waals surface area contributed by atoms with Gasteiger partial charge in [0, 0.05) is 24.8 Å². The molecule has 7 heteroatoms. The summed E-state index contributed by atoms with van der Waals surface area (Å²) >= 11 is 0. The first-order valence-corrected chi connectivity index (χ1v) is 8.88. The number of rotatable bonds is 6. The van der Waals surface area contributed by atoms with Gasteiger partial charge in [-0.25, -0.2) is 0 Å². The number of H-pyrrole nitrogens is 1. The molecule has 2 aromatic heterocycles. The van der Waals surface area contributed by atoms with Gasteiger partial charge < -0.3 is 10.1 Å². The maximum Gasteiger partial charge on any atom is 0.269 e. The van der Waals surface area contributed by atoms with Crippen LogP contribution < -0.4 is 10.1 Å². The number of nitrogens with zero attached hydrogens (tertiary/aromatic N) is 3. The van der Waals surface area contributed by atoms with Crippen molar-refractivity contribution >= 4 is 5.91 Å². The highest BCUT2D eigenvalue weighted by Crippen LogP contribution is 2.25. The van der Waals surface area contributed by atoms with Crippen LogP contribution in [0, 0.1) is 20.8 Å². The Morgan fingerprint density at radius 1 is 1.26 bits per heavy atom. The zero-order chi connectivity index (χ0) is 19.6. The van der Waals surface area contributed by atoms with E-state index < -0.39 is 0 Å². The largest absolute Gasteiger partial charge is 0.496 e. The van der Waals surface area contributed by atoms with Crippen molar-refractivity contribution in [3.05, 3.63) is 52.5 Å². The van der Waals surface area contributed by atoms with Gasteiger partial charge in [0.05, 0.1) is 18.5 Å². The maximum atomic E-state index is 12.4. The fourth-order valence-electron chi connectivity index (χ4n) is 3.22. The van der Waals surface area contributed by atoms with Crippen molar-refractivity contribution in [1.29, 1.82) is 0 Å². The fraction of sp³-hybridized carbons (Fsp3) is 0.350. The second-order valence-electron chi connectivity index (χ2n) is 6.66. The molecule has 0 saturated carbocycles. The van der Waals surface area contributed by atoms with Crippen molar-refractivity contribution in [2.24, 2.45) is 7.05 Å². The van der Waals surface area contributed by atoms with E-state index in [1.807, 2.05) is 44.6 Å². The molecule has 1 aromatic carbocycles. The summed E-state index contributed by atoms with van der Waals surface area (Å²) in [6, 6.07) is 7.80. The normalized spacial score (nSPS) is 10.9. The first-order chi connectivity index (χ1) is 12.9. The van der Waals surface area contributed by atoms with Gasteiger partial charge >= 0.3 is 0 Å². The zero-order valence-corrected chi connectivity index (χ0v) is 16.4. The quantitative estimate of drug-likeness (QED) is 0.701. The van der Waals surface area contributed by atoms with E-state index in [-0.39, 0.29) is 5.91 Å². The molecular weight excluding hydrogens is 342 g/mol. The van der Waals surface area contributed by atoms with Crippen molar-refractivity contribution in [2.75, 3.05) is 13.7 Å². The average molecular weight is 367 g/mol. The number of benzene rings is 1. The number of nitrogens with one attached hydrogen (secondary N) is 2. The molecule has 3 rings (SSSR count). The predicted octanol–water partition coefficient (Wildman–Crippen LogP) is 2.72. The molecule has 0 aliphatic heterocycles. The lowest BCUT2D eigenvalue weighted by Gasteiger charge is -2.10. The molecule has 0 aliphatic rings. The van der Waals surface area contributed by atoms with E-state index in [0.29, 0.717) is 18.7 Å². The van der Waals surface area contributed by atoms with Gasteiger partial charge in [0.1, 0.15) is 11.4 Å². The number of ether oxygens (including phenoxy) is 1. The molecular formula is C20H25N5O2. The lowest BCUT2D eigenvalue weighted by molar-refractivity contribution is 0.0949. The number of aromatic amines is 1. The van der Waals surface area contributed by atoms with Gasteiger partial charge in [0.2, 0.25) is 0 Å². The van der Waals surface area contributed by atoms with Gasteiger partial charge in [0.15, 0.2) is 0 Å². The second kappa shape index (κ2) is 7.65. The minimum Gasteiger partial charge on any atom is -0.496 e. The van der Waals surface area contributed by atoms with Crippen LogP contribution >= 0.6 is 0 Å². The molecule has 0 fully saturated rings. The number of aryl methyl sites for hydroxylation is 3. The SMILES string of the molecule is COc1ccc(C)cc1CCNC(=O)c1cc(-c2c(C)nn(C)c2C)n[nH]1. The first-order valence-electron chi connectivity index (χ1n) is 8.88. The Hall–Kier alpha value is -3.09. The van der Waals surface area contributed by atoms with Crippen LogP contribution in [0.5, 0.6) is 5.75 Å². The highest BCUT2D eigenvalue weighted by Gasteiger charge is 2.17. The summed E-state index contributed by atoms with van der Waals surface area (Å²) < 4.78 is 7.20. The average Bonchev–Trinajstić information content (AvgIpc) is 3.20. The summed E-state index contributed by atoms with van der Waals surface area (Å²) in [6.07, 6.45) is 0.693. The summed E-state index contributed by atoms with van der Waals surface area (Å²) in [5.74, 6) is 0.653. The smallest absolute Gasteiger partial charge is 0.269 e. The maximum absolute atomic E-state index is 12.4. The van der Waals surface area contributed by atoms with Crippen LogP contribution in [0.2, 0.25) is 0 Å². The number of aromatic nitrogens is 4. The zero-order valence-electron chi connectivity index (χ0n) is 16.4.